The SMILES string of the molecule is CCCCCCc1nc(Cl)nc(CCCCCC)c1Cl. The predicted octanol–water partition coefficient (Wildman–Crippen LogP) is 6.03. The minimum Gasteiger partial charge on any atom is -0.221 e. The first-order chi connectivity index (χ1) is 9.69. The number of rotatable bonds is 10. The zero-order valence-corrected chi connectivity index (χ0v) is 14.2. The van der Waals surface area contributed by atoms with Crippen LogP contribution >= 0.6 is 23.2 Å². The minimum absolute atomic E-state index is 0.338. The molecule has 0 saturated carbocycles. The molecule has 0 amide bonds. The third-order valence-electron chi connectivity index (χ3n) is 3.50. The first-order valence-electron chi connectivity index (χ1n) is 7.89. The molecule has 0 aliphatic heterocycles. The molecule has 0 bridgehead atoms. The molecule has 20 heavy (non-hydrogen) atoms. The van der Waals surface area contributed by atoms with Crippen LogP contribution in [-0.2, 0) is 12.8 Å². The van der Waals surface area contributed by atoms with Crippen molar-refractivity contribution in [1.29, 1.82) is 0 Å². The molecule has 114 valence electrons. The molecule has 1 heterocycles. The molecule has 1 rings (SSSR count). The van der Waals surface area contributed by atoms with Crippen molar-refractivity contribution >= 4 is 23.2 Å². The van der Waals surface area contributed by atoms with Crippen molar-refractivity contribution in [2.75, 3.05) is 0 Å². The largest absolute Gasteiger partial charge is 0.222 e. The quantitative estimate of drug-likeness (QED) is 0.389. The number of aromatic nitrogens is 2. The van der Waals surface area contributed by atoms with Gasteiger partial charge in [-0.05, 0) is 37.3 Å². The molecule has 1 aromatic heterocycles. The van der Waals surface area contributed by atoms with Crippen molar-refractivity contribution in [1.82, 2.24) is 9.97 Å². The van der Waals surface area contributed by atoms with Crippen LogP contribution in [0.5, 0.6) is 0 Å². The molecule has 0 atom stereocenters. The van der Waals surface area contributed by atoms with Crippen LogP contribution in [0.2, 0.25) is 10.3 Å². The highest BCUT2D eigenvalue weighted by Gasteiger charge is 2.11. The maximum atomic E-state index is 6.42. The zero-order chi connectivity index (χ0) is 14.8. The first kappa shape index (κ1) is 17.7. The topological polar surface area (TPSA) is 25.8 Å². The number of hydrogen-bond acceptors (Lipinski definition) is 2. The summed E-state index contributed by atoms with van der Waals surface area (Å²) in [4.78, 5) is 8.60. The number of hydrogen-bond donors (Lipinski definition) is 0. The van der Waals surface area contributed by atoms with E-state index in [9.17, 15) is 0 Å². The average Bonchev–Trinajstić information content (AvgIpc) is 2.44. The van der Waals surface area contributed by atoms with E-state index in [4.69, 9.17) is 23.2 Å². The molecular formula is C16H26Cl2N2. The van der Waals surface area contributed by atoms with Crippen molar-refractivity contribution < 1.29 is 0 Å². The van der Waals surface area contributed by atoms with E-state index in [1.165, 1.54) is 38.5 Å². The minimum atomic E-state index is 0.338. The summed E-state index contributed by atoms with van der Waals surface area (Å²) in [6.45, 7) is 4.42. The van der Waals surface area contributed by atoms with E-state index in [1.807, 2.05) is 0 Å². The summed E-state index contributed by atoms with van der Waals surface area (Å²) < 4.78 is 0. The normalized spacial score (nSPS) is 11.0. The second-order valence-electron chi connectivity index (χ2n) is 5.32. The highest BCUT2D eigenvalue weighted by molar-refractivity contribution is 6.32. The summed E-state index contributed by atoms with van der Waals surface area (Å²) in [6.07, 6.45) is 11.5. The zero-order valence-electron chi connectivity index (χ0n) is 12.7. The van der Waals surface area contributed by atoms with E-state index < -0.39 is 0 Å². The smallest absolute Gasteiger partial charge is 0.221 e. The van der Waals surface area contributed by atoms with Gasteiger partial charge in [0.25, 0.3) is 0 Å². The summed E-state index contributed by atoms with van der Waals surface area (Å²) in [6, 6.07) is 0. The molecule has 0 N–H and O–H groups in total. The van der Waals surface area contributed by atoms with Gasteiger partial charge in [0.2, 0.25) is 5.28 Å². The van der Waals surface area contributed by atoms with Crippen molar-refractivity contribution in [3.63, 3.8) is 0 Å². The Labute approximate surface area is 133 Å². The van der Waals surface area contributed by atoms with Crippen LogP contribution < -0.4 is 0 Å². The maximum Gasteiger partial charge on any atom is 0.222 e. The molecule has 0 radical (unpaired) electrons. The number of aryl methyl sites for hydroxylation is 2. The van der Waals surface area contributed by atoms with E-state index in [-0.39, 0.29) is 0 Å². The van der Waals surface area contributed by atoms with Crippen LogP contribution in [0.25, 0.3) is 0 Å². The molecule has 0 saturated heterocycles. The van der Waals surface area contributed by atoms with Crippen LogP contribution in [-0.4, -0.2) is 9.97 Å². The number of halogens is 2. The van der Waals surface area contributed by atoms with E-state index >= 15 is 0 Å². The Hall–Kier alpha value is -0.340. The highest BCUT2D eigenvalue weighted by Crippen LogP contribution is 2.23. The average molecular weight is 317 g/mol. The molecular weight excluding hydrogens is 291 g/mol. The van der Waals surface area contributed by atoms with Gasteiger partial charge in [0.15, 0.2) is 0 Å². The standard InChI is InChI=1S/C16H26Cl2N2/c1-3-5-7-9-11-13-15(17)14(20-16(18)19-13)12-10-8-6-4-2/h3-12H2,1-2H3. The molecule has 0 aromatic carbocycles. The molecule has 0 aliphatic carbocycles. The summed E-state index contributed by atoms with van der Waals surface area (Å²) in [5, 5.41) is 1.08. The van der Waals surface area contributed by atoms with Crippen molar-refractivity contribution in [3.8, 4) is 0 Å². The van der Waals surface area contributed by atoms with Gasteiger partial charge in [-0.1, -0.05) is 64.0 Å². The Morgan fingerprint density at radius 3 is 1.55 bits per heavy atom. The Morgan fingerprint density at radius 2 is 1.15 bits per heavy atom. The highest BCUT2D eigenvalue weighted by atomic mass is 35.5. The van der Waals surface area contributed by atoms with Gasteiger partial charge in [0.05, 0.1) is 16.4 Å². The summed E-state index contributed by atoms with van der Waals surface area (Å²) in [5.41, 5.74) is 1.85. The van der Waals surface area contributed by atoms with Gasteiger partial charge in [0, 0.05) is 0 Å². The first-order valence-corrected chi connectivity index (χ1v) is 8.65. The van der Waals surface area contributed by atoms with E-state index in [2.05, 4.69) is 23.8 Å². The van der Waals surface area contributed by atoms with E-state index in [1.54, 1.807) is 0 Å². The lowest BCUT2D eigenvalue weighted by atomic mass is 10.1. The lowest BCUT2D eigenvalue weighted by molar-refractivity contribution is 0.650. The third kappa shape index (κ3) is 6.41. The van der Waals surface area contributed by atoms with Crippen LogP contribution in [0.3, 0.4) is 0 Å². The Kier molecular flexibility index (Phi) is 9.21. The van der Waals surface area contributed by atoms with Gasteiger partial charge in [0.1, 0.15) is 0 Å². The second-order valence-corrected chi connectivity index (χ2v) is 6.04. The maximum absolute atomic E-state index is 6.42. The van der Waals surface area contributed by atoms with E-state index in [0.29, 0.717) is 5.28 Å². The molecule has 1 aromatic rings. The van der Waals surface area contributed by atoms with Gasteiger partial charge in [-0.2, -0.15) is 0 Å². The Balaban J connectivity index is 2.59. The van der Waals surface area contributed by atoms with Gasteiger partial charge >= 0.3 is 0 Å². The Bertz CT molecular complexity index is 361. The van der Waals surface area contributed by atoms with Crippen LogP contribution in [0.4, 0.5) is 0 Å². The summed E-state index contributed by atoms with van der Waals surface area (Å²) >= 11 is 12.4. The summed E-state index contributed by atoms with van der Waals surface area (Å²) in [5.74, 6) is 0. The van der Waals surface area contributed by atoms with Crippen molar-refractivity contribution in [2.24, 2.45) is 0 Å². The summed E-state index contributed by atoms with van der Waals surface area (Å²) in [7, 11) is 0. The van der Waals surface area contributed by atoms with Crippen LogP contribution in [0.15, 0.2) is 0 Å². The fraction of sp³-hybridized carbons (Fsp3) is 0.750. The Morgan fingerprint density at radius 1 is 0.700 bits per heavy atom. The molecule has 0 spiro atoms. The molecule has 4 heteroatoms. The molecule has 0 fully saturated rings. The van der Waals surface area contributed by atoms with Crippen molar-refractivity contribution in [2.45, 2.75) is 78.1 Å². The molecule has 0 unspecified atom stereocenters. The predicted molar refractivity (Wildman–Crippen MR) is 87.7 cm³/mol. The fourth-order valence-electron chi connectivity index (χ4n) is 2.28. The fourth-order valence-corrected chi connectivity index (χ4v) is 2.76. The van der Waals surface area contributed by atoms with Gasteiger partial charge < -0.3 is 0 Å². The van der Waals surface area contributed by atoms with Gasteiger partial charge in [-0.25, -0.2) is 9.97 Å². The monoisotopic (exact) mass is 316 g/mol. The molecule has 2 nitrogen and oxygen atoms in total. The number of nitrogens with zero attached hydrogens (tertiary/aromatic N) is 2. The molecule has 0 aliphatic rings. The van der Waals surface area contributed by atoms with E-state index in [0.717, 1.165) is 42.1 Å². The lowest BCUT2D eigenvalue weighted by Gasteiger charge is -2.09. The second kappa shape index (κ2) is 10.4. The number of unbranched alkanes of at least 4 members (excludes halogenated alkanes) is 6. The third-order valence-corrected chi connectivity index (χ3v) is 4.10. The van der Waals surface area contributed by atoms with Crippen LogP contribution in [0, 0.1) is 0 Å². The van der Waals surface area contributed by atoms with Gasteiger partial charge in [-0.3, -0.25) is 0 Å². The van der Waals surface area contributed by atoms with Gasteiger partial charge in [-0.15, -0.1) is 0 Å². The van der Waals surface area contributed by atoms with Crippen LogP contribution in [0.1, 0.15) is 76.6 Å². The lowest BCUT2D eigenvalue weighted by Crippen LogP contribution is -2.01. The van der Waals surface area contributed by atoms with Crippen molar-refractivity contribution in [3.05, 3.63) is 21.7 Å².